The van der Waals surface area contributed by atoms with E-state index in [0.717, 1.165) is 12.2 Å². The predicted molar refractivity (Wildman–Crippen MR) is 67.5 cm³/mol. The molecule has 0 aromatic carbocycles. The number of likely N-dealkylation sites (tertiary alicyclic amines) is 1. The monoisotopic (exact) mass is 235 g/mol. The Morgan fingerprint density at radius 2 is 2.12 bits per heavy atom. The average molecular weight is 235 g/mol. The van der Waals surface area contributed by atoms with Gasteiger partial charge >= 0.3 is 0 Å². The van der Waals surface area contributed by atoms with E-state index in [4.69, 9.17) is 4.52 Å². The zero-order valence-corrected chi connectivity index (χ0v) is 10.9. The van der Waals surface area contributed by atoms with Gasteiger partial charge in [-0.05, 0) is 52.7 Å². The molecule has 0 atom stereocenters. The number of aromatic nitrogens is 2. The van der Waals surface area contributed by atoms with Crippen molar-refractivity contribution in [1.29, 1.82) is 0 Å². The predicted octanol–water partition coefficient (Wildman–Crippen LogP) is 2.38. The van der Waals surface area contributed by atoms with Crippen molar-refractivity contribution in [2.45, 2.75) is 33.1 Å². The SMILES string of the molecule is CC(C)=Cc1nc(CC2CCN(C)CC2)no1. The van der Waals surface area contributed by atoms with Crippen LogP contribution < -0.4 is 0 Å². The molecular formula is C13H21N3O. The molecule has 1 saturated heterocycles. The first kappa shape index (κ1) is 12.3. The highest BCUT2D eigenvalue weighted by Crippen LogP contribution is 2.19. The molecule has 4 heteroatoms. The van der Waals surface area contributed by atoms with Crippen LogP contribution in [0.1, 0.15) is 38.4 Å². The van der Waals surface area contributed by atoms with Gasteiger partial charge in [-0.1, -0.05) is 10.7 Å². The van der Waals surface area contributed by atoms with Crippen LogP contribution in [-0.4, -0.2) is 35.2 Å². The number of piperidine rings is 1. The standard InChI is InChI=1S/C13H21N3O/c1-10(2)8-13-14-12(15-17-13)9-11-4-6-16(3)7-5-11/h8,11H,4-7,9H2,1-3H3. The minimum Gasteiger partial charge on any atom is -0.335 e. The van der Waals surface area contributed by atoms with Gasteiger partial charge in [-0.2, -0.15) is 4.98 Å². The molecule has 0 aliphatic carbocycles. The molecular weight excluding hydrogens is 214 g/mol. The fourth-order valence-corrected chi connectivity index (χ4v) is 2.18. The maximum Gasteiger partial charge on any atom is 0.250 e. The second kappa shape index (κ2) is 5.45. The summed E-state index contributed by atoms with van der Waals surface area (Å²) in [7, 11) is 2.18. The summed E-state index contributed by atoms with van der Waals surface area (Å²) < 4.78 is 5.19. The van der Waals surface area contributed by atoms with Gasteiger partial charge in [-0.3, -0.25) is 0 Å². The van der Waals surface area contributed by atoms with Gasteiger partial charge in [0.1, 0.15) is 0 Å². The third-order valence-corrected chi connectivity index (χ3v) is 3.21. The molecule has 1 aliphatic heterocycles. The first-order valence-electron chi connectivity index (χ1n) is 6.29. The summed E-state index contributed by atoms with van der Waals surface area (Å²) in [6.45, 7) is 6.42. The van der Waals surface area contributed by atoms with Gasteiger partial charge in [0.15, 0.2) is 5.82 Å². The summed E-state index contributed by atoms with van der Waals surface area (Å²) in [5.74, 6) is 2.20. The number of allylic oxidation sites excluding steroid dienone is 1. The molecule has 0 amide bonds. The van der Waals surface area contributed by atoms with Crippen LogP contribution in [0.5, 0.6) is 0 Å². The van der Waals surface area contributed by atoms with Crippen LogP contribution in [0.25, 0.3) is 6.08 Å². The van der Waals surface area contributed by atoms with Gasteiger partial charge in [-0.25, -0.2) is 0 Å². The maximum atomic E-state index is 5.19. The van der Waals surface area contributed by atoms with Crippen molar-refractivity contribution in [2.75, 3.05) is 20.1 Å². The number of hydrogen-bond donors (Lipinski definition) is 0. The Bertz CT molecular complexity index is 385. The lowest BCUT2D eigenvalue weighted by Gasteiger charge is -2.27. The summed E-state index contributed by atoms with van der Waals surface area (Å²) >= 11 is 0. The summed E-state index contributed by atoms with van der Waals surface area (Å²) in [6.07, 6.45) is 5.35. The number of hydrogen-bond acceptors (Lipinski definition) is 4. The first-order valence-corrected chi connectivity index (χ1v) is 6.29. The third kappa shape index (κ3) is 3.66. The van der Waals surface area contributed by atoms with Crippen molar-refractivity contribution in [2.24, 2.45) is 5.92 Å². The molecule has 17 heavy (non-hydrogen) atoms. The smallest absolute Gasteiger partial charge is 0.250 e. The molecule has 1 aromatic heterocycles. The van der Waals surface area contributed by atoms with Crippen LogP contribution in [-0.2, 0) is 6.42 Å². The van der Waals surface area contributed by atoms with E-state index in [0.29, 0.717) is 11.8 Å². The van der Waals surface area contributed by atoms with Crippen molar-refractivity contribution < 1.29 is 4.52 Å². The Labute approximate surface area is 103 Å². The first-order chi connectivity index (χ1) is 8.13. The lowest BCUT2D eigenvalue weighted by Crippen LogP contribution is -2.31. The highest BCUT2D eigenvalue weighted by atomic mass is 16.5. The third-order valence-electron chi connectivity index (χ3n) is 3.21. The Morgan fingerprint density at radius 1 is 1.41 bits per heavy atom. The van der Waals surface area contributed by atoms with Gasteiger partial charge in [-0.15, -0.1) is 0 Å². The fourth-order valence-electron chi connectivity index (χ4n) is 2.18. The molecule has 1 aromatic rings. The van der Waals surface area contributed by atoms with Crippen LogP contribution in [0, 0.1) is 5.92 Å². The van der Waals surface area contributed by atoms with Crippen LogP contribution in [0.2, 0.25) is 0 Å². The molecule has 0 N–H and O–H groups in total. The summed E-state index contributed by atoms with van der Waals surface area (Å²) in [4.78, 5) is 6.77. The van der Waals surface area contributed by atoms with Crippen LogP contribution >= 0.6 is 0 Å². The molecule has 0 bridgehead atoms. The Hall–Kier alpha value is -1.16. The van der Waals surface area contributed by atoms with Gasteiger partial charge in [0.05, 0.1) is 0 Å². The van der Waals surface area contributed by atoms with Crippen LogP contribution in [0.15, 0.2) is 10.1 Å². The Balaban J connectivity index is 1.91. The molecule has 1 aliphatic rings. The second-order valence-electron chi connectivity index (χ2n) is 5.22. The molecule has 4 nitrogen and oxygen atoms in total. The van der Waals surface area contributed by atoms with E-state index >= 15 is 0 Å². The summed E-state index contributed by atoms with van der Waals surface area (Å²) in [5.41, 5.74) is 1.18. The summed E-state index contributed by atoms with van der Waals surface area (Å²) in [5, 5.41) is 4.04. The van der Waals surface area contributed by atoms with E-state index in [1.54, 1.807) is 0 Å². The van der Waals surface area contributed by atoms with Gasteiger partial charge in [0.2, 0.25) is 0 Å². The molecule has 2 rings (SSSR count). The topological polar surface area (TPSA) is 42.2 Å². The van der Waals surface area contributed by atoms with Crippen molar-refractivity contribution >= 4 is 6.08 Å². The molecule has 2 heterocycles. The van der Waals surface area contributed by atoms with E-state index < -0.39 is 0 Å². The second-order valence-corrected chi connectivity index (χ2v) is 5.22. The zero-order chi connectivity index (χ0) is 12.3. The number of rotatable bonds is 3. The Kier molecular flexibility index (Phi) is 3.94. The zero-order valence-electron chi connectivity index (χ0n) is 10.9. The normalized spacial score (nSPS) is 18.3. The highest BCUT2D eigenvalue weighted by Gasteiger charge is 2.19. The summed E-state index contributed by atoms with van der Waals surface area (Å²) in [6, 6.07) is 0. The number of nitrogens with zero attached hydrogens (tertiary/aromatic N) is 3. The van der Waals surface area contributed by atoms with E-state index in [1.165, 1.54) is 31.5 Å². The minimum absolute atomic E-state index is 0.632. The molecule has 0 radical (unpaired) electrons. The van der Waals surface area contributed by atoms with Crippen LogP contribution in [0.4, 0.5) is 0 Å². The van der Waals surface area contributed by atoms with E-state index in [1.807, 2.05) is 19.9 Å². The minimum atomic E-state index is 0.632. The highest BCUT2D eigenvalue weighted by molar-refractivity contribution is 5.41. The lowest BCUT2D eigenvalue weighted by molar-refractivity contribution is 0.216. The molecule has 0 unspecified atom stereocenters. The molecule has 0 spiro atoms. The molecule has 94 valence electrons. The van der Waals surface area contributed by atoms with E-state index in [2.05, 4.69) is 22.1 Å². The maximum absolute atomic E-state index is 5.19. The van der Waals surface area contributed by atoms with Gasteiger partial charge in [0.25, 0.3) is 5.89 Å². The average Bonchev–Trinajstić information content (AvgIpc) is 2.68. The molecule has 0 saturated carbocycles. The van der Waals surface area contributed by atoms with Crippen molar-refractivity contribution in [3.8, 4) is 0 Å². The van der Waals surface area contributed by atoms with Crippen molar-refractivity contribution in [3.05, 3.63) is 17.3 Å². The van der Waals surface area contributed by atoms with Gasteiger partial charge in [0, 0.05) is 12.5 Å². The lowest BCUT2D eigenvalue weighted by atomic mass is 9.94. The van der Waals surface area contributed by atoms with Gasteiger partial charge < -0.3 is 9.42 Å². The van der Waals surface area contributed by atoms with Crippen molar-refractivity contribution in [3.63, 3.8) is 0 Å². The van der Waals surface area contributed by atoms with Crippen molar-refractivity contribution in [1.82, 2.24) is 15.0 Å². The quantitative estimate of drug-likeness (QED) is 0.806. The van der Waals surface area contributed by atoms with E-state index in [-0.39, 0.29) is 0 Å². The Morgan fingerprint density at radius 3 is 2.76 bits per heavy atom. The largest absolute Gasteiger partial charge is 0.335 e. The molecule has 1 fully saturated rings. The van der Waals surface area contributed by atoms with Crippen LogP contribution in [0.3, 0.4) is 0 Å². The van der Waals surface area contributed by atoms with E-state index in [9.17, 15) is 0 Å². The fraction of sp³-hybridized carbons (Fsp3) is 0.692.